The Morgan fingerprint density at radius 2 is 1.12 bits per heavy atom. The molecular formula is C22H34Cl2Zr. The summed E-state index contributed by atoms with van der Waals surface area (Å²) in [5, 5.41) is 0. The van der Waals surface area contributed by atoms with Crippen molar-refractivity contribution in [2.24, 2.45) is 0 Å². The molecule has 0 saturated carbocycles. The number of unbranched alkanes of at least 4 members (excludes halogenated alkanes) is 2. The average molecular weight is 461 g/mol. The molecular weight excluding hydrogens is 426 g/mol. The molecule has 0 amide bonds. The van der Waals surface area contributed by atoms with Gasteiger partial charge in [0.2, 0.25) is 0 Å². The molecule has 2 rings (SSSR count). The van der Waals surface area contributed by atoms with Crippen molar-refractivity contribution in [3.63, 3.8) is 0 Å². The Morgan fingerprint density at radius 3 is 1.44 bits per heavy atom. The van der Waals surface area contributed by atoms with E-state index >= 15 is 0 Å². The number of allylic oxidation sites excluding steroid dienone is 8. The van der Waals surface area contributed by atoms with Crippen LogP contribution >= 0.6 is 0 Å². The molecule has 0 N–H and O–H groups in total. The zero-order valence-electron chi connectivity index (χ0n) is 16.5. The van der Waals surface area contributed by atoms with Gasteiger partial charge >= 0.3 is 156 Å². The summed E-state index contributed by atoms with van der Waals surface area (Å²) in [4.78, 5) is 0. The van der Waals surface area contributed by atoms with Gasteiger partial charge in [0.15, 0.2) is 0 Å². The van der Waals surface area contributed by atoms with Crippen LogP contribution in [0.5, 0.6) is 0 Å². The zero-order valence-corrected chi connectivity index (χ0v) is 20.5. The first-order valence-electron chi connectivity index (χ1n) is 9.84. The Labute approximate surface area is 180 Å². The van der Waals surface area contributed by atoms with Crippen molar-refractivity contribution in [2.45, 2.75) is 91.9 Å². The molecule has 0 radical (unpaired) electrons. The van der Waals surface area contributed by atoms with E-state index in [1.807, 2.05) is 6.56 Å². The van der Waals surface area contributed by atoms with E-state index in [1.54, 1.807) is 22.3 Å². The zero-order chi connectivity index (χ0) is 16.7. The molecule has 0 bridgehead atoms. The number of rotatable bonds is 10. The van der Waals surface area contributed by atoms with E-state index in [-0.39, 0.29) is 24.8 Å². The van der Waals surface area contributed by atoms with Crippen LogP contribution in [-0.2, 0) is 23.2 Å². The third-order valence-corrected chi connectivity index (χ3v) is 9.20. The molecule has 0 atom stereocenters. The molecule has 0 heterocycles. The maximum absolute atomic E-state index is 2.55. The maximum Gasteiger partial charge on any atom is -1.00 e. The SMILES string of the molecule is CCCCC1=[C]([Zr+2][C]2=C(CCCC)C(CC)=CC2)CC=C1CC.[Cl-].[Cl-]. The van der Waals surface area contributed by atoms with Crippen LogP contribution in [0.25, 0.3) is 0 Å². The monoisotopic (exact) mass is 458 g/mol. The second-order valence-corrected chi connectivity index (χ2v) is 10.4. The van der Waals surface area contributed by atoms with Gasteiger partial charge in [0.25, 0.3) is 0 Å². The second-order valence-electron chi connectivity index (χ2n) is 6.82. The van der Waals surface area contributed by atoms with Gasteiger partial charge in [-0.2, -0.15) is 0 Å². The van der Waals surface area contributed by atoms with Crippen molar-refractivity contribution in [3.05, 3.63) is 41.0 Å². The van der Waals surface area contributed by atoms with Gasteiger partial charge in [-0.1, -0.05) is 0 Å². The summed E-state index contributed by atoms with van der Waals surface area (Å²) in [6.07, 6.45) is 18.2. The van der Waals surface area contributed by atoms with E-state index in [1.165, 1.54) is 64.2 Å². The van der Waals surface area contributed by atoms with E-state index in [4.69, 9.17) is 0 Å². The van der Waals surface area contributed by atoms with E-state index < -0.39 is 23.2 Å². The van der Waals surface area contributed by atoms with Crippen molar-refractivity contribution in [1.82, 2.24) is 0 Å². The van der Waals surface area contributed by atoms with Gasteiger partial charge in [-0.05, 0) is 0 Å². The fraction of sp³-hybridized carbons (Fsp3) is 0.636. The van der Waals surface area contributed by atoms with Crippen molar-refractivity contribution in [1.29, 1.82) is 0 Å². The third-order valence-electron chi connectivity index (χ3n) is 5.23. The van der Waals surface area contributed by atoms with Gasteiger partial charge in [0.1, 0.15) is 0 Å². The Morgan fingerprint density at radius 1 is 0.720 bits per heavy atom. The van der Waals surface area contributed by atoms with Crippen molar-refractivity contribution in [3.8, 4) is 0 Å². The molecule has 0 fully saturated rings. The average Bonchev–Trinajstić information content (AvgIpc) is 3.14. The van der Waals surface area contributed by atoms with Crippen LogP contribution in [0.4, 0.5) is 0 Å². The molecule has 3 heteroatoms. The summed E-state index contributed by atoms with van der Waals surface area (Å²) in [6.45, 7) is 9.32. The minimum Gasteiger partial charge on any atom is -1.00 e. The topological polar surface area (TPSA) is 0 Å². The van der Waals surface area contributed by atoms with Crippen LogP contribution < -0.4 is 24.8 Å². The van der Waals surface area contributed by atoms with Crippen molar-refractivity contribution >= 4 is 0 Å². The summed E-state index contributed by atoms with van der Waals surface area (Å²) in [5.74, 6) is 0. The van der Waals surface area contributed by atoms with Crippen LogP contribution in [0.15, 0.2) is 41.0 Å². The van der Waals surface area contributed by atoms with Crippen LogP contribution in [0.1, 0.15) is 91.9 Å². The van der Waals surface area contributed by atoms with E-state index in [2.05, 4.69) is 39.8 Å². The maximum atomic E-state index is 2.55. The molecule has 0 aromatic heterocycles. The number of hydrogen-bond donors (Lipinski definition) is 0. The van der Waals surface area contributed by atoms with Gasteiger partial charge in [0.05, 0.1) is 0 Å². The van der Waals surface area contributed by atoms with Gasteiger partial charge in [0, 0.05) is 0 Å². The normalized spacial score (nSPS) is 16.3. The summed E-state index contributed by atoms with van der Waals surface area (Å²) in [7, 11) is 0. The number of hydrogen-bond acceptors (Lipinski definition) is 0. The molecule has 0 unspecified atom stereocenters. The molecule has 0 saturated heterocycles. The minimum absolute atomic E-state index is 0. The smallest absolute Gasteiger partial charge is 1.00 e. The van der Waals surface area contributed by atoms with E-state index in [0.29, 0.717) is 0 Å². The summed E-state index contributed by atoms with van der Waals surface area (Å²) >= 11 is -0.541. The molecule has 0 aromatic rings. The fourth-order valence-corrected chi connectivity index (χ4v) is 7.86. The molecule has 25 heavy (non-hydrogen) atoms. The predicted molar refractivity (Wildman–Crippen MR) is 99.1 cm³/mol. The Hall–Kier alpha value is 0.423. The Kier molecular flexibility index (Phi) is 13.8. The van der Waals surface area contributed by atoms with E-state index in [9.17, 15) is 0 Å². The van der Waals surface area contributed by atoms with Crippen LogP contribution in [0.2, 0.25) is 0 Å². The molecule has 2 aliphatic rings. The number of halogens is 2. The van der Waals surface area contributed by atoms with Crippen LogP contribution in [0, 0.1) is 0 Å². The van der Waals surface area contributed by atoms with Gasteiger partial charge in [-0.15, -0.1) is 0 Å². The molecule has 0 nitrogen and oxygen atoms in total. The summed E-state index contributed by atoms with van der Waals surface area (Å²) < 4.78 is 3.82. The third kappa shape index (κ3) is 6.82. The second kappa shape index (κ2) is 13.6. The quantitative estimate of drug-likeness (QED) is 0.463. The van der Waals surface area contributed by atoms with Crippen molar-refractivity contribution < 1.29 is 48.0 Å². The van der Waals surface area contributed by atoms with Gasteiger partial charge < -0.3 is 24.8 Å². The van der Waals surface area contributed by atoms with Crippen LogP contribution in [0.3, 0.4) is 0 Å². The first-order chi connectivity index (χ1) is 11.2. The summed E-state index contributed by atoms with van der Waals surface area (Å²) in [6, 6.07) is 0. The molecule has 0 spiro atoms. The largest absolute Gasteiger partial charge is 1.00 e. The standard InChI is InChI=1S/2C11H17.2ClH.Zr/c2*1-3-5-7-11-9-6-8-10(11)4-2;;;/h2*8H,3-7H2,1-2H3;2*1H;/q;;;;+2/p-2. The Balaban J connectivity index is 0.00000288. The van der Waals surface area contributed by atoms with E-state index in [0.717, 1.165) is 0 Å². The van der Waals surface area contributed by atoms with Crippen molar-refractivity contribution in [2.75, 3.05) is 0 Å². The minimum atomic E-state index is -0.541. The van der Waals surface area contributed by atoms with Gasteiger partial charge in [-0.3, -0.25) is 0 Å². The van der Waals surface area contributed by atoms with Crippen LogP contribution in [-0.4, -0.2) is 0 Å². The summed E-state index contributed by atoms with van der Waals surface area (Å²) in [5.41, 5.74) is 6.97. The first kappa shape index (κ1) is 25.4. The molecule has 140 valence electrons. The molecule has 2 aliphatic carbocycles. The Bertz CT molecular complexity index is 490. The first-order valence-corrected chi connectivity index (χ1v) is 12.3. The fourth-order valence-electron chi connectivity index (χ4n) is 3.81. The molecule has 0 aliphatic heterocycles. The molecule has 0 aromatic carbocycles. The van der Waals surface area contributed by atoms with Gasteiger partial charge in [-0.25, -0.2) is 0 Å². The predicted octanol–water partition coefficient (Wildman–Crippen LogP) is 1.45.